The van der Waals surface area contributed by atoms with Crippen molar-refractivity contribution < 1.29 is 18.3 Å². The number of rotatable bonds is 3. The third-order valence-electron chi connectivity index (χ3n) is 1.51. The number of hydrogen-bond acceptors (Lipinski definition) is 5. The summed E-state index contributed by atoms with van der Waals surface area (Å²) < 4.78 is 22.6. The van der Waals surface area contributed by atoms with Crippen LogP contribution in [0.4, 0.5) is 0 Å². The predicted octanol–water partition coefficient (Wildman–Crippen LogP) is -0.699. The minimum atomic E-state index is -3.61. The monoisotopic (exact) mass is 218 g/mol. The molecule has 0 spiro atoms. The van der Waals surface area contributed by atoms with Gasteiger partial charge in [0.05, 0.1) is 12.0 Å². The van der Waals surface area contributed by atoms with Crippen molar-refractivity contribution >= 4 is 20.9 Å². The van der Waals surface area contributed by atoms with E-state index in [1.807, 2.05) is 0 Å². The van der Waals surface area contributed by atoms with Gasteiger partial charge in [-0.25, -0.2) is 18.2 Å². The summed E-state index contributed by atoms with van der Waals surface area (Å²) >= 11 is 0. The summed E-state index contributed by atoms with van der Waals surface area (Å²) in [5.74, 6) is -1.33. The van der Waals surface area contributed by atoms with E-state index in [1.165, 1.54) is 0 Å². The zero-order valence-corrected chi connectivity index (χ0v) is 8.58. The van der Waals surface area contributed by atoms with Crippen molar-refractivity contribution in [3.05, 3.63) is 11.1 Å². The van der Waals surface area contributed by atoms with E-state index in [9.17, 15) is 13.2 Å². The topological polar surface area (TPSA) is 87.0 Å². The molecule has 1 aliphatic rings. The minimum Gasteiger partial charge on any atom is -0.476 e. The lowest BCUT2D eigenvalue weighted by atomic mass is 10.5. The number of carboxylic acid groups (broad SMARTS) is 1. The smallest absolute Gasteiger partial charge is 0.355 e. The summed E-state index contributed by atoms with van der Waals surface area (Å²) in [6.07, 6.45) is 0. The van der Waals surface area contributed by atoms with Crippen LogP contribution in [0.3, 0.4) is 0 Å². The molecule has 1 aliphatic heterocycles. The molecule has 0 aromatic heterocycles. The van der Waals surface area contributed by atoms with Crippen LogP contribution in [0.2, 0.25) is 0 Å². The first-order valence-corrected chi connectivity index (χ1v) is 5.30. The van der Waals surface area contributed by atoms with E-state index >= 15 is 0 Å². The molecule has 1 rings (SSSR count). The highest BCUT2D eigenvalue weighted by Crippen LogP contribution is 2.14. The summed E-state index contributed by atoms with van der Waals surface area (Å²) in [6, 6.07) is 0. The fraction of sp³-hybridized carbons (Fsp3) is 0.429. The van der Waals surface area contributed by atoms with Gasteiger partial charge in [0.25, 0.3) is 0 Å². The van der Waals surface area contributed by atoms with Gasteiger partial charge in [-0.2, -0.15) is 0 Å². The van der Waals surface area contributed by atoms with E-state index in [-0.39, 0.29) is 11.6 Å². The minimum absolute atomic E-state index is 0.107. The number of aliphatic imine (C=N–C) groups is 1. The van der Waals surface area contributed by atoms with Gasteiger partial charge in [-0.15, -0.1) is 0 Å². The highest BCUT2D eigenvalue weighted by Gasteiger charge is 2.28. The average Bonchev–Trinajstić information content (AvgIpc) is 2.26. The maximum Gasteiger partial charge on any atom is 0.355 e. The van der Waals surface area contributed by atoms with Gasteiger partial charge in [0, 0.05) is 0 Å². The highest BCUT2D eigenvalue weighted by molar-refractivity contribution is 8.09. The first-order valence-electron chi connectivity index (χ1n) is 3.75. The Bertz CT molecular complexity index is 419. The molecule has 14 heavy (non-hydrogen) atoms. The first kappa shape index (κ1) is 10.9. The second-order valence-corrected chi connectivity index (χ2v) is 4.89. The Morgan fingerprint density at radius 2 is 2.14 bits per heavy atom. The Balaban J connectivity index is 3.02. The normalized spacial score (nSPS) is 19.4. The van der Waals surface area contributed by atoms with Crippen LogP contribution in [-0.2, 0) is 14.6 Å². The Kier molecular flexibility index (Phi) is 2.72. The number of hydrogen-bond donors (Lipinski definition) is 1. The van der Waals surface area contributed by atoms with Crippen molar-refractivity contribution in [3.8, 4) is 0 Å². The molecule has 6 nitrogen and oxygen atoms in total. The van der Waals surface area contributed by atoms with E-state index in [0.717, 1.165) is 0 Å². The van der Waals surface area contributed by atoms with Crippen LogP contribution < -0.4 is 0 Å². The number of sulfone groups is 1. The lowest BCUT2D eigenvalue weighted by Crippen LogP contribution is -2.25. The molecule has 78 valence electrons. The molecule has 1 heterocycles. The molecule has 0 aromatic carbocycles. The largest absolute Gasteiger partial charge is 0.476 e. The molecule has 0 amide bonds. The molecule has 0 unspecified atom stereocenters. The summed E-state index contributed by atoms with van der Waals surface area (Å²) in [6.45, 7) is 0.107. The van der Waals surface area contributed by atoms with Crippen molar-refractivity contribution in [2.75, 3.05) is 20.6 Å². The van der Waals surface area contributed by atoms with Gasteiger partial charge in [0.15, 0.2) is 10.7 Å². The van der Waals surface area contributed by atoms with Gasteiger partial charge in [0.2, 0.25) is 9.84 Å². The molecule has 7 heteroatoms. The van der Waals surface area contributed by atoms with Gasteiger partial charge in [-0.1, -0.05) is 0 Å². The quantitative estimate of drug-likeness (QED) is 0.677. The second kappa shape index (κ2) is 3.50. The third kappa shape index (κ3) is 2.18. The molecule has 0 saturated heterocycles. The van der Waals surface area contributed by atoms with Crippen molar-refractivity contribution in [1.82, 2.24) is 4.90 Å². The Hall–Kier alpha value is -1.21. The molecule has 1 N–H and O–H groups in total. The fourth-order valence-electron chi connectivity index (χ4n) is 0.933. The van der Waals surface area contributed by atoms with E-state index < -0.39 is 21.5 Å². The highest BCUT2D eigenvalue weighted by atomic mass is 32.2. The molecule has 0 saturated carbocycles. The van der Waals surface area contributed by atoms with Crippen LogP contribution in [0.5, 0.6) is 0 Å². The SMILES string of the molecule is CN(C)CC1=NC(C(=O)O)=CS1(=O)=O. The zero-order chi connectivity index (χ0) is 10.9. The number of carbonyl (C=O) groups is 1. The van der Waals surface area contributed by atoms with Crippen LogP contribution in [0, 0.1) is 0 Å². The molecule has 0 aliphatic carbocycles. The van der Waals surface area contributed by atoms with Gasteiger partial charge in [0.1, 0.15) is 0 Å². The van der Waals surface area contributed by atoms with E-state index in [2.05, 4.69) is 4.99 Å². The summed E-state index contributed by atoms with van der Waals surface area (Å²) in [5, 5.41) is 9.09. The second-order valence-electron chi connectivity index (χ2n) is 3.10. The van der Waals surface area contributed by atoms with Crippen molar-refractivity contribution in [2.24, 2.45) is 4.99 Å². The van der Waals surface area contributed by atoms with Crippen molar-refractivity contribution in [3.63, 3.8) is 0 Å². The van der Waals surface area contributed by atoms with Gasteiger partial charge in [-0.05, 0) is 14.1 Å². The Labute approximate surface area is 81.5 Å². The summed E-state index contributed by atoms with van der Waals surface area (Å²) in [7, 11) is -0.256. The van der Waals surface area contributed by atoms with Gasteiger partial charge < -0.3 is 10.0 Å². The summed E-state index contributed by atoms with van der Waals surface area (Å²) in [4.78, 5) is 15.6. The molecular formula is C7H10N2O4S. The van der Waals surface area contributed by atoms with Crippen LogP contribution in [0.15, 0.2) is 16.1 Å². The Morgan fingerprint density at radius 3 is 2.50 bits per heavy atom. The first-order chi connectivity index (χ1) is 6.33. The zero-order valence-electron chi connectivity index (χ0n) is 7.76. The number of nitrogens with zero attached hydrogens (tertiary/aromatic N) is 2. The lowest BCUT2D eigenvalue weighted by molar-refractivity contribution is -0.132. The van der Waals surface area contributed by atoms with Gasteiger partial charge >= 0.3 is 5.97 Å². The maximum absolute atomic E-state index is 11.3. The van der Waals surface area contributed by atoms with E-state index in [4.69, 9.17) is 5.11 Å². The Morgan fingerprint density at radius 1 is 1.57 bits per heavy atom. The van der Waals surface area contributed by atoms with Gasteiger partial charge in [-0.3, -0.25) is 0 Å². The van der Waals surface area contributed by atoms with Crippen molar-refractivity contribution in [1.29, 1.82) is 0 Å². The molecule has 0 radical (unpaired) electrons. The maximum atomic E-state index is 11.3. The number of carboxylic acids is 1. The molecule has 0 atom stereocenters. The summed E-state index contributed by atoms with van der Waals surface area (Å²) in [5.41, 5.74) is -0.429. The standard InChI is InChI=1S/C7H10N2O4S/c1-9(2)3-6-8-5(7(10)11)4-14(6,12)13/h4H,3H2,1-2H3,(H,10,11). The predicted molar refractivity (Wildman–Crippen MR) is 50.6 cm³/mol. The van der Waals surface area contributed by atoms with Crippen LogP contribution in [0.1, 0.15) is 0 Å². The van der Waals surface area contributed by atoms with Crippen LogP contribution in [0.25, 0.3) is 0 Å². The van der Waals surface area contributed by atoms with Crippen LogP contribution >= 0.6 is 0 Å². The van der Waals surface area contributed by atoms with Crippen LogP contribution in [-0.4, -0.2) is 50.1 Å². The third-order valence-corrected chi connectivity index (χ3v) is 2.92. The van der Waals surface area contributed by atoms with E-state index in [1.54, 1.807) is 19.0 Å². The molecule has 0 aromatic rings. The fourth-order valence-corrected chi connectivity index (χ4v) is 2.18. The molecule has 0 fully saturated rings. The van der Waals surface area contributed by atoms with E-state index in [0.29, 0.717) is 5.41 Å². The lowest BCUT2D eigenvalue weighted by Gasteiger charge is -2.07. The van der Waals surface area contributed by atoms with Crippen molar-refractivity contribution in [2.45, 2.75) is 0 Å². The average molecular weight is 218 g/mol. The molecule has 0 bridgehead atoms. The number of aliphatic carboxylic acids is 1. The molecular weight excluding hydrogens is 208 g/mol.